The zero-order chi connectivity index (χ0) is 20.5. The number of aromatic nitrogens is 1. The Kier molecular flexibility index (Phi) is 4.84. The van der Waals surface area contributed by atoms with Crippen molar-refractivity contribution < 1.29 is 4.42 Å². The fourth-order valence-electron chi connectivity index (χ4n) is 4.20. The molecule has 0 atom stereocenters. The van der Waals surface area contributed by atoms with Gasteiger partial charge in [-0.1, -0.05) is 62.4 Å². The van der Waals surface area contributed by atoms with Crippen LogP contribution in [0, 0.1) is 5.92 Å². The molecule has 0 radical (unpaired) electrons. The van der Waals surface area contributed by atoms with Gasteiger partial charge in [0.25, 0.3) is 0 Å². The summed E-state index contributed by atoms with van der Waals surface area (Å²) in [6, 6.07) is 27.7. The molecule has 0 fully saturated rings. The Morgan fingerprint density at radius 3 is 2.50 bits per heavy atom. The number of hydrogen-bond acceptors (Lipinski definition) is 2. The Morgan fingerprint density at radius 1 is 0.800 bits per heavy atom. The molecule has 0 saturated heterocycles. The number of fused-ring (bicyclic) bond motifs is 3. The second kappa shape index (κ2) is 7.79. The Labute approximate surface area is 177 Å². The van der Waals surface area contributed by atoms with Crippen LogP contribution in [0.3, 0.4) is 0 Å². The van der Waals surface area contributed by atoms with E-state index in [1.54, 1.807) is 0 Å². The topological polar surface area (TPSA) is 26.0 Å². The van der Waals surface area contributed by atoms with E-state index in [4.69, 9.17) is 4.42 Å². The second-order valence-electron chi connectivity index (χ2n) is 8.42. The highest BCUT2D eigenvalue weighted by Crippen LogP contribution is 2.34. The van der Waals surface area contributed by atoms with Gasteiger partial charge in [0.2, 0.25) is 0 Å². The van der Waals surface area contributed by atoms with E-state index < -0.39 is 0 Å². The molecule has 30 heavy (non-hydrogen) atoms. The van der Waals surface area contributed by atoms with Gasteiger partial charge in [0.15, 0.2) is 0 Å². The third-order valence-electron chi connectivity index (χ3n) is 5.58. The van der Waals surface area contributed by atoms with E-state index in [1.807, 2.05) is 6.20 Å². The lowest BCUT2D eigenvalue weighted by Crippen LogP contribution is -1.95. The van der Waals surface area contributed by atoms with Crippen molar-refractivity contribution in [3.8, 4) is 11.3 Å². The highest BCUT2D eigenvalue weighted by Gasteiger charge is 2.13. The molecule has 2 aromatic heterocycles. The summed E-state index contributed by atoms with van der Waals surface area (Å²) >= 11 is 0. The van der Waals surface area contributed by atoms with Gasteiger partial charge < -0.3 is 4.42 Å². The summed E-state index contributed by atoms with van der Waals surface area (Å²) in [4.78, 5) is 4.63. The van der Waals surface area contributed by atoms with Crippen LogP contribution in [0.2, 0.25) is 0 Å². The number of nitrogens with zero attached hydrogens (tertiary/aromatic N) is 1. The number of furan rings is 1. The summed E-state index contributed by atoms with van der Waals surface area (Å²) in [5.74, 6) is 0.628. The van der Waals surface area contributed by atoms with E-state index in [1.165, 1.54) is 22.1 Å². The van der Waals surface area contributed by atoms with E-state index in [0.29, 0.717) is 5.92 Å². The lowest BCUT2D eigenvalue weighted by molar-refractivity contribution is 0.647. The van der Waals surface area contributed by atoms with Gasteiger partial charge in [-0.3, -0.25) is 4.98 Å². The van der Waals surface area contributed by atoms with E-state index in [2.05, 4.69) is 97.7 Å². The van der Waals surface area contributed by atoms with Crippen molar-refractivity contribution in [2.45, 2.75) is 26.7 Å². The highest BCUT2D eigenvalue weighted by atomic mass is 16.3. The fourth-order valence-corrected chi connectivity index (χ4v) is 4.20. The summed E-state index contributed by atoms with van der Waals surface area (Å²) in [6.45, 7) is 4.49. The van der Waals surface area contributed by atoms with Crippen molar-refractivity contribution in [3.63, 3.8) is 0 Å². The molecule has 5 aromatic rings. The van der Waals surface area contributed by atoms with Crippen LogP contribution in [0.1, 0.15) is 30.5 Å². The molecule has 3 aromatic carbocycles. The van der Waals surface area contributed by atoms with E-state index in [-0.39, 0.29) is 0 Å². The first-order chi connectivity index (χ1) is 14.7. The van der Waals surface area contributed by atoms with Crippen LogP contribution in [0.25, 0.3) is 33.2 Å². The smallest absolute Gasteiger partial charge is 0.138 e. The largest absolute Gasteiger partial charge is 0.456 e. The molecule has 0 amide bonds. The Morgan fingerprint density at radius 2 is 1.67 bits per heavy atom. The van der Waals surface area contributed by atoms with Gasteiger partial charge in [-0.2, -0.15) is 0 Å². The molecular weight excluding hydrogens is 366 g/mol. The molecule has 148 valence electrons. The maximum absolute atomic E-state index is 6.30. The summed E-state index contributed by atoms with van der Waals surface area (Å²) in [5.41, 5.74) is 7.89. The van der Waals surface area contributed by atoms with Crippen LogP contribution in [-0.4, -0.2) is 4.98 Å². The number of benzene rings is 3. The molecule has 0 aliphatic carbocycles. The van der Waals surface area contributed by atoms with Crippen molar-refractivity contribution in [1.29, 1.82) is 0 Å². The number of para-hydroxylation sites is 1. The first kappa shape index (κ1) is 18.6. The predicted molar refractivity (Wildman–Crippen MR) is 125 cm³/mol. The fraction of sp³-hybridized carbons (Fsp3) is 0.179. The Hall–Kier alpha value is -3.39. The van der Waals surface area contributed by atoms with Crippen molar-refractivity contribution in [1.82, 2.24) is 4.98 Å². The minimum absolute atomic E-state index is 0.628. The molecule has 0 spiro atoms. The average molecular weight is 392 g/mol. The zero-order valence-electron chi connectivity index (χ0n) is 17.4. The number of hydrogen-bond donors (Lipinski definition) is 0. The molecule has 0 bridgehead atoms. The highest BCUT2D eigenvalue weighted by molar-refractivity contribution is 6.07. The Balaban J connectivity index is 1.58. The van der Waals surface area contributed by atoms with Crippen LogP contribution in [-0.2, 0) is 12.8 Å². The van der Waals surface area contributed by atoms with Gasteiger partial charge >= 0.3 is 0 Å². The monoisotopic (exact) mass is 391 g/mol. The average Bonchev–Trinajstić information content (AvgIpc) is 3.13. The lowest BCUT2D eigenvalue weighted by atomic mass is 10.00. The van der Waals surface area contributed by atoms with Crippen molar-refractivity contribution in [3.05, 3.63) is 102 Å². The molecule has 0 unspecified atom stereocenters. The van der Waals surface area contributed by atoms with Crippen LogP contribution in [0.4, 0.5) is 0 Å². The van der Waals surface area contributed by atoms with Crippen LogP contribution in [0.15, 0.2) is 89.5 Å². The summed E-state index contributed by atoms with van der Waals surface area (Å²) in [5, 5.41) is 2.31. The minimum Gasteiger partial charge on any atom is -0.456 e. The third-order valence-corrected chi connectivity index (χ3v) is 5.58. The van der Waals surface area contributed by atoms with Crippen LogP contribution in [0.5, 0.6) is 0 Å². The maximum atomic E-state index is 6.30. The van der Waals surface area contributed by atoms with E-state index in [9.17, 15) is 0 Å². The van der Waals surface area contributed by atoms with Gasteiger partial charge in [0.05, 0.1) is 5.69 Å². The molecule has 2 heteroatoms. The molecule has 5 rings (SSSR count). The molecule has 0 saturated carbocycles. The van der Waals surface area contributed by atoms with Gasteiger partial charge in [-0.25, -0.2) is 0 Å². The molecule has 0 N–H and O–H groups in total. The standard InChI is InChI=1S/C28H25NO/c1-19(2)15-21-13-14-29-26(17-21)22-11-12-27-25(18-22)24-10-6-9-23(28(24)30-27)16-20-7-4-3-5-8-20/h3-14,17-19H,15-16H2,1-2H3. The number of pyridine rings is 1. The van der Waals surface area contributed by atoms with Crippen LogP contribution < -0.4 is 0 Å². The molecule has 2 heterocycles. The van der Waals surface area contributed by atoms with Crippen molar-refractivity contribution in [2.24, 2.45) is 5.92 Å². The second-order valence-corrected chi connectivity index (χ2v) is 8.42. The molecule has 0 aliphatic rings. The van der Waals surface area contributed by atoms with E-state index in [0.717, 1.165) is 40.7 Å². The van der Waals surface area contributed by atoms with Gasteiger partial charge in [0, 0.05) is 29.0 Å². The summed E-state index contributed by atoms with van der Waals surface area (Å²) in [6.07, 6.45) is 3.85. The molecular formula is C28H25NO. The minimum atomic E-state index is 0.628. The third kappa shape index (κ3) is 3.61. The van der Waals surface area contributed by atoms with Gasteiger partial charge in [0.1, 0.15) is 11.2 Å². The van der Waals surface area contributed by atoms with Gasteiger partial charge in [-0.05, 0) is 59.4 Å². The van der Waals surface area contributed by atoms with Crippen molar-refractivity contribution in [2.75, 3.05) is 0 Å². The molecule has 0 aliphatic heterocycles. The van der Waals surface area contributed by atoms with Gasteiger partial charge in [-0.15, -0.1) is 0 Å². The number of rotatable bonds is 5. The quantitative estimate of drug-likeness (QED) is 0.311. The first-order valence-electron chi connectivity index (χ1n) is 10.6. The van der Waals surface area contributed by atoms with E-state index >= 15 is 0 Å². The zero-order valence-corrected chi connectivity index (χ0v) is 17.4. The molecule has 2 nitrogen and oxygen atoms in total. The lowest BCUT2D eigenvalue weighted by Gasteiger charge is -2.07. The summed E-state index contributed by atoms with van der Waals surface area (Å²) < 4.78 is 6.30. The van der Waals surface area contributed by atoms with Crippen molar-refractivity contribution >= 4 is 21.9 Å². The normalized spacial score (nSPS) is 11.6. The Bertz CT molecular complexity index is 1310. The maximum Gasteiger partial charge on any atom is 0.138 e. The predicted octanol–water partition coefficient (Wildman–Crippen LogP) is 7.44. The van der Waals surface area contributed by atoms with Crippen LogP contribution >= 0.6 is 0 Å². The SMILES string of the molecule is CC(C)Cc1ccnc(-c2ccc3oc4c(Cc5ccccc5)cccc4c3c2)c1. The first-order valence-corrected chi connectivity index (χ1v) is 10.6. The summed E-state index contributed by atoms with van der Waals surface area (Å²) in [7, 11) is 0.